The molecule has 0 bridgehead atoms. The van der Waals surface area contributed by atoms with Crippen molar-refractivity contribution in [3.05, 3.63) is 66.9 Å². The fourth-order valence-corrected chi connectivity index (χ4v) is 5.80. The molecule has 0 radical (unpaired) electrons. The van der Waals surface area contributed by atoms with Crippen LogP contribution in [0, 0.1) is 11.6 Å². The van der Waals surface area contributed by atoms with Crippen molar-refractivity contribution in [1.82, 2.24) is 18.7 Å². The second kappa shape index (κ2) is 13.0. The van der Waals surface area contributed by atoms with Gasteiger partial charge in [0.1, 0.15) is 33.4 Å². The van der Waals surface area contributed by atoms with Gasteiger partial charge in [-0.05, 0) is 12.1 Å². The van der Waals surface area contributed by atoms with Crippen LogP contribution in [0.25, 0.3) is 22.3 Å². The van der Waals surface area contributed by atoms with Crippen molar-refractivity contribution in [3.63, 3.8) is 0 Å². The topological polar surface area (TPSA) is 168 Å². The second-order valence-corrected chi connectivity index (χ2v) is 10.8. The van der Waals surface area contributed by atoms with E-state index >= 15 is 0 Å². The molecule has 240 valence electrons. The number of rotatable bonds is 3. The molecule has 17 heteroatoms. The Balaban J connectivity index is 0.000000179. The minimum atomic E-state index is -0.807. The molecule has 0 aliphatic carbocycles. The summed E-state index contributed by atoms with van der Waals surface area (Å²) in [6.45, 7) is 4.23. The maximum Gasteiger partial charge on any atom is 0.276 e. The monoisotopic (exact) mass is 668 g/mol. The van der Waals surface area contributed by atoms with E-state index in [0.717, 1.165) is 12.1 Å². The standard InChI is InChI=1S/C15H15ClFN3O4.C13H13ClFN3O3/c1-8(21)18-11-6-9(10(17)7-12(11)22)13-14(16)19-2-4-24-5-3-20(19)15(13)23;14-12-11(7-5-9(16)10(19)6-8(7)15)13(20)18-2-4-21-3-1-17(12)18/h6-7,22H,2-5H2,1H3,(H,18,21);5-6,19H,1-4,16H2. The summed E-state index contributed by atoms with van der Waals surface area (Å²) < 4.78 is 44.9. The van der Waals surface area contributed by atoms with E-state index in [2.05, 4.69) is 5.32 Å². The number of nitrogens with one attached hydrogen (secondary N) is 1. The molecule has 0 spiro atoms. The van der Waals surface area contributed by atoms with Gasteiger partial charge in [0.15, 0.2) is 0 Å². The van der Waals surface area contributed by atoms with Gasteiger partial charge in [-0.2, -0.15) is 0 Å². The highest BCUT2D eigenvalue weighted by atomic mass is 35.5. The van der Waals surface area contributed by atoms with Gasteiger partial charge in [0, 0.05) is 30.2 Å². The Morgan fingerprint density at radius 1 is 0.778 bits per heavy atom. The molecule has 13 nitrogen and oxygen atoms in total. The first-order chi connectivity index (χ1) is 21.4. The molecule has 2 aromatic carbocycles. The summed E-state index contributed by atoms with van der Waals surface area (Å²) in [5.41, 5.74) is 4.63. The zero-order chi connectivity index (χ0) is 32.6. The smallest absolute Gasteiger partial charge is 0.276 e. The van der Waals surface area contributed by atoms with Gasteiger partial charge in [0.2, 0.25) is 5.91 Å². The Morgan fingerprint density at radius 2 is 1.20 bits per heavy atom. The normalized spacial score (nSPS) is 14.4. The number of nitrogens with zero attached hydrogens (tertiary/aromatic N) is 4. The van der Waals surface area contributed by atoms with Crippen molar-refractivity contribution >= 4 is 40.5 Å². The highest BCUT2D eigenvalue weighted by molar-refractivity contribution is 6.32. The van der Waals surface area contributed by atoms with Crippen molar-refractivity contribution in [2.24, 2.45) is 0 Å². The minimum absolute atomic E-state index is 0.00379. The number of amides is 1. The fraction of sp³-hybridized carbons (Fsp3) is 0.321. The van der Waals surface area contributed by atoms with Gasteiger partial charge in [-0.1, -0.05) is 23.2 Å². The first-order valence-electron chi connectivity index (χ1n) is 13.6. The average Bonchev–Trinajstić information content (AvgIpc) is 3.22. The summed E-state index contributed by atoms with van der Waals surface area (Å²) in [4.78, 5) is 36.3. The highest BCUT2D eigenvalue weighted by Crippen LogP contribution is 2.35. The molecule has 4 aromatic rings. The summed E-state index contributed by atoms with van der Waals surface area (Å²) in [5.74, 6) is -2.80. The van der Waals surface area contributed by atoms with Crippen LogP contribution < -0.4 is 22.2 Å². The van der Waals surface area contributed by atoms with Crippen LogP contribution in [-0.4, -0.2) is 61.3 Å². The van der Waals surface area contributed by atoms with Crippen LogP contribution in [0.1, 0.15) is 6.92 Å². The lowest BCUT2D eigenvalue weighted by atomic mass is 10.1. The molecule has 2 aliphatic heterocycles. The lowest BCUT2D eigenvalue weighted by molar-refractivity contribution is -0.114. The summed E-state index contributed by atoms with van der Waals surface area (Å²) >= 11 is 12.5. The van der Waals surface area contributed by atoms with Crippen molar-refractivity contribution in [2.45, 2.75) is 33.1 Å². The first-order valence-corrected chi connectivity index (χ1v) is 14.4. The number of benzene rings is 2. The summed E-state index contributed by atoms with van der Waals surface area (Å²) in [7, 11) is 0. The molecule has 0 unspecified atom stereocenters. The van der Waals surface area contributed by atoms with E-state index in [0.29, 0.717) is 52.6 Å². The molecule has 0 atom stereocenters. The molecule has 45 heavy (non-hydrogen) atoms. The van der Waals surface area contributed by atoms with E-state index in [-0.39, 0.29) is 49.7 Å². The maximum absolute atomic E-state index is 14.3. The third kappa shape index (κ3) is 6.16. The Hall–Kier alpha value is -4.31. The number of ether oxygens (including phenoxy) is 2. The number of fused-ring (bicyclic) bond motifs is 2. The Bertz CT molecular complexity index is 1920. The molecule has 4 heterocycles. The molecule has 2 aliphatic rings. The number of hydrogen-bond donors (Lipinski definition) is 4. The van der Waals surface area contributed by atoms with Crippen molar-refractivity contribution < 1.29 is 33.3 Å². The molecular weight excluding hydrogens is 641 g/mol. The van der Waals surface area contributed by atoms with Gasteiger partial charge < -0.3 is 30.7 Å². The van der Waals surface area contributed by atoms with E-state index in [1.165, 1.54) is 33.1 Å². The van der Waals surface area contributed by atoms with E-state index in [9.17, 15) is 33.4 Å². The minimum Gasteiger partial charge on any atom is -0.506 e. The van der Waals surface area contributed by atoms with Crippen molar-refractivity contribution in [3.8, 4) is 33.8 Å². The van der Waals surface area contributed by atoms with Gasteiger partial charge in [-0.25, -0.2) is 18.1 Å². The van der Waals surface area contributed by atoms with Crippen LogP contribution in [0.5, 0.6) is 11.5 Å². The van der Waals surface area contributed by atoms with Crippen LogP contribution in [0.4, 0.5) is 20.2 Å². The van der Waals surface area contributed by atoms with Gasteiger partial charge in [-0.3, -0.25) is 23.7 Å². The summed E-state index contributed by atoms with van der Waals surface area (Å²) in [5, 5.41) is 21.8. The number of aromatic hydroxyl groups is 2. The molecule has 1 amide bonds. The predicted molar refractivity (Wildman–Crippen MR) is 162 cm³/mol. The molecule has 0 fully saturated rings. The Morgan fingerprint density at radius 3 is 1.67 bits per heavy atom. The number of anilines is 2. The second-order valence-electron chi connectivity index (χ2n) is 10.1. The maximum atomic E-state index is 14.3. The average molecular weight is 669 g/mol. The number of phenols is 2. The molecular formula is C28H28Cl2F2N6O7. The number of carbonyl (C=O) groups excluding carboxylic acids is 1. The number of nitrogens with two attached hydrogens (primary N) is 1. The number of nitrogen functional groups attached to an aromatic ring is 1. The molecule has 6 rings (SSSR count). The van der Waals surface area contributed by atoms with Gasteiger partial charge in [-0.15, -0.1) is 0 Å². The number of aromatic nitrogens is 4. The van der Waals surface area contributed by atoms with Crippen LogP contribution in [0.3, 0.4) is 0 Å². The molecule has 5 N–H and O–H groups in total. The lowest BCUT2D eigenvalue weighted by Gasteiger charge is -2.09. The fourth-order valence-electron chi connectivity index (χ4n) is 5.08. The number of carbonyl (C=O) groups is 1. The van der Waals surface area contributed by atoms with Crippen LogP contribution in [-0.2, 0) is 40.4 Å². The predicted octanol–water partition coefficient (Wildman–Crippen LogP) is 3.23. The van der Waals surface area contributed by atoms with E-state index < -0.39 is 34.4 Å². The number of hydrogen-bond acceptors (Lipinski definition) is 8. The van der Waals surface area contributed by atoms with Crippen molar-refractivity contribution in [2.75, 3.05) is 37.5 Å². The quantitative estimate of drug-likeness (QED) is 0.191. The summed E-state index contributed by atoms with van der Waals surface area (Å²) in [6, 6.07) is 4.12. The SMILES string of the molecule is CC(=O)Nc1cc(-c2c(Cl)n3n(c2=O)CCOCC3)c(F)cc1O.Nc1cc(-c2c(Cl)n3n(c2=O)CCOCC3)c(F)cc1O. The highest BCUT2D eigenvalue weighted by Gasteiger charge is 2.26. The zero-order valence-electron chi connectivity index (χ0n) is 23.8. The molecule has 2 aromatic heterocycles. The van der Waals surface area contributed by atoms with E-state index in [4.69, 9.17) is 38.4 Å². The van der Waals surface area contributed by atoms with Crippen LogP contribution in [0.2, 0.25) is 10.3 Å². The van der Waals surface area contributed by atoms with E-state index in [1.54, 1.807) is 4.68 Å². The van der Waals surface area contributed by atoms with Crippen molar-refractivity contribution in [1.29, 1.82) is 0 Å². The summed E-state index contributed by atoms with van der Waals surface area (Å²) in [6.07, 6.45) is 0. The number of halogens is 4. The van der Waals surface area contributed by atoms with Gasteiger partial charge in [0.25, 0.3) is 11.1 Å². The molecule has 0 saturated heterocycles. The lowest BCUT2D eigenvalue weighted by Crippen LogP contribution is -2.23. The third-order valence-corrected chi connectivity index (χ3v) is 7.95. The van der Waals surface area contributed by atoms with E-state index in [1.807, 2.05) is 0 Å². The Kier molecular flexibility index (Phi) is 9.25. The first kappa shape index (κ1) is 32.1. The largest absolute Gasteiger partial charge is 0.506 e. The Labute approximate surface area is 263 Å². The van der Waals surface area contributed by atoms with Crippen LogP contribution >= 0.6 is 23.2 Å². The third-order valence-electron chi connectivity index (χ3n) is 7.19. The molecule has 0 saturated carbocycles. The zero-order valence-corrected chi connectivity index (χ0v) is 25.3. The van der Waals surface area contributed by atoms with Crippen LogP contribution in [0.15, 0.2) is 33.9 Å². The van der Waals surface area contributed by atoms with Gasteiger partial charge in [0.05, 0.1) is 75.1 Å². The number of phenolic OH excluding ortho intramolecular Hbond substituents is 2. The van der Waals surface area contributed by atoms with Gasteiger partial charge >= 0.3 is 0 Å².